The van der Waals surface area contributed by atoms with Crippen LogP contribution < -0.4 is 0 Å². The number of hydrogen-bond donors (Lipinski definition) is 0. The molecule has 0 spiro atoms. The summed E-state index contributed by atoms with van der Waals surface area (Å²) in [6.45, 7) is 5.31. The van der Waals surface area contributed by atoms with Crippen LogP contribution in [0.25, 0.3) is 0 Å². The standard InChI is InChI=1S/C18H18F10O4/c1-4-10(32-11(29)8(2)3)15(21,22)12(30)31-9-5-6-13(19)14(20,7-9)17(25,26)18(27,28)16(13,23)24/h9-10H,2,4-7H2,1,3H3. The number of fused-ring (bicyclic) bond motifs is 1. The van der Waals surface area contributed by atoms with Gasteiger partial charge in [0, 0.05) is 12.0 Å². The Morgan fingerprint density at radius 3 is 1.97 bits per heavy atom. The lowest BCUT2D eigenvalue weighted by Crippen LogP contribution is -2.62. The van der Waals surface area contributed by atoms with Crippen LogP contribution in [0.5, 0.6) is 0 Å². The number of esters is 2. The number of halogens is 10. The molecule has 4 unspecified atom stereocenters. The average Bonchev–Trinajstić information content (AvgIpc) is 2.72. The lowest BCUT2D eigenvalue weighted by Gasteiger charge is -2.42. The SMILES string of the molecule is C=C(C)C(=O)OC(CC)C(F)(F)C(=O)OC1CCC2(F)C(F)(F)C(F)(F)C(F)(F)C2(F)C1. The van der Waals surface area contributed by atoms with E-state index in [-0.39, 0.29) is 5.57 Å². The number of carbonyl (C=O) groups is 2. The predicted octanol–water partition coefficient (Wildman–Crippen LogP) is 4.95. The first-order valence-corrected chi connectivity index (χ1v) is 9.21. The summed E-state index contributed by atoms with van der Waals surface area (Å²) in [6, 6.07) is 0. The Morgan fingerprint density at radius 1 is 1.00 bits per heavy atom. The molecule has 4 nitrogen and oxygen atoms in total. The van der Waals surface area contributed by atoms with Crippen molar-refractivity contribution in [1.29, 1.82) is 0 Å². The summed E-state index contributed by atoms with van der Waals surface area (Å²) in [7, 11) is 0. The van der Waals surface area contributed by atoms with E-state index in [1.807, 2.05) is 0 Å². The molecule has 4 atom stereocenters. The summed E-state index contributed by atoms with van der Waals surface area (Å²) in [5.74, 6) is -27.3. The van der Waals surface area contributed by atoms with Gasteiger partial charge in [-0.1, -0.05) is 13.5 Å². The first-order valence-electron chi connectivity index (χ1n) is 9.21. The lowest BCUT2D eigenvalue weighted by atomic mass is 9.73. The van der Waals surface area contributed by atoms with Gasteiger partial charge in [0.05, 0.1) is 0 Å². The Labute approximate surface area is 174 Å². The third-order valence-corrected chi connectivity index (χ3v) is 5.65. The van der Waals surface area contributed by atoms with E-state index in [1.54, 1.807) is 0 Å². The molecule has 2 aliphatic carbocycles. The molecule has 0 aromatic rings. The Bertz CT molecular complexity index is 814. The summed E-state index contributed by atoms with van der Waals surface area (Å²) in [5, 5.41) is 0. The third-order valence-electron chi connectivity index (χ3n) is 5.65. The zero-order valence-electron chi connectivity index (χ0n) is 16.6. The summed E-state index contributed by atoms with van der Waals surface area (Å²) in [5.41, 5.74) is -10.6. The largest absolute Gasteiger partial charge is 0.458 e. The van der Waals surface area contributed by atoms with Gasteiger partial charge in [0.1, 0.15) is 6.10 Å². The maximum Gasteiger partial charge on any atom is 0.381 e. The van der Waals surface area contributed by atoms with Crippen LogP contribution in [0.4, 0.5) is 43.9 Å². The van der Waals surface area contributed by atoms with Crippen molar-refractivity contribution in [3.63, 3.8) is 0 Å². The molecule has 2 saturated carbocycles. The van der Waals surface area contributed by atoms with E-state index in [0.717, 1.165) is 13.8 Å². The number of ether oxygens (including phenoxy) is 2. The molecule has 0 N–H and O–H groups in total. The van der Waals surface area contributed by atoms with Gasteiger partial charge in [0.25, 0.3) is 0 Å². The highest BCUT2D eigenvalue weighted by atomic mass is 19.4. The molecule has 0 amide bonds. The minimum absolute atomic E-state index is 0.316. The molecule has 0 saturated heterocycles. The van der Waals surface area contributed by atoms with Crippen LogP contribution in [0, 0.1) is 0 Å². The normalized spacial score (nSPS) is 33.7. The number of carbonyl (C=O) groups excluding carboxylic acids is 2. The second-order valence-electron chi connectivity index (χ2n) is 7.80. The minimum Gasteiger partial charge on any atom is -0.458 e. The van der Waals surface area contributed by atoms with Crippen molar-refractivity contribution in [3.8, 4) is 0 Å². The van der Waals surface area contributed by atoms with E-state index in [9.17, 15) is 53.5 Å². The average molecular weight is 488 g/mol. The molecule has 2 rings (SSSR count). The number of alkyl halides is 10. The van der Waals surface area contributed by atoms with Crippen molar-refractivity contribution < 1.29 is 63.0 Å². The van der Waals surface area contributed by atoms with Crippen molar-refractivity contribution in [2.75, 3.05) is 0 Å². The molecule has 0 heterocycles. The van der Waals surface area contributed by atoms with E-state index < -0.39 is 84.9 Å². The van der Waals surface area contributed by atoms with Crippen LogP contribution in [0.15, 0.2) is 12.2 Å². The fourth-order valence-corrected chi connectivity index (χ4v) is 3.72. The van der Waals surface area contributed by atoms with Crippen molar-refractivity contribution in [3.05, 3.63) is 12.2 Å². The first kappa shape index (κ1) is 26.2. The maximum absolute atomic E-state index is 14.9. The van der Waals surface area contributed by atoms with E-state index >= 15 is 0 Å². The molecular formula is C18H18F10O4. The van der Waals surface area contributed by atoms with Gasteiger partial charge in [-0.05, 0) is 26.2 Å². The third kappa shape index (κ3) is 3.18. The van der Waals surface area contributed by atoms with Crippen molar-refractivity contribution >= 4 is 11.9 Å². The quantitative estimate of drug-likeness (QED) is 0.302. The monoisotopic (exact) mass is 488 g/mol. The summed E-state index contributed by atoms with van der Waals surface area (Å²) >= 11 is 0. The van der Waals surface area contributed by atoms with E-state index in [2.05, 4.69) is 16.1 Å². The smallest absolute Gasteiger partial charge is 0.381 e. The molecule has 0 aliphatic heterocycles. The molecule has 0 aromatic heterocycles. The van der Waals surface area contributed by atoms with Crippen LogP contribution in [0.1, 0.15) is 39.5 Å². The predicted molar refractivity (Wildman–Crippen MR) is 86.2 cm³/mol. The fourth-order valence-electron chi connectivity index (χ4n) is 3.72. The number of rotatable bonds is 6. The summed E-state index contributed by atoms with van der Waals surface area (Å²) < 4.78 is 149. The fraction of sp³-hybridized carbons (Fsp3) is 0.778. The molecule has 0 aromatic carbocycles. The zero-order valence-corrected chi connectivity index (χ0v) is 16.6. The lowest BCUT2D eigenvalue weighted by molar-refractivity contribution is -0.292. The highest BCUT2D eigenvalue weighted by molar-refractivity contribution is 5.87. The van der Waals surface area contributed by atoms with Gasteiger partial charge in [-0.25, -0.2) is 18.4 Å². The van der Waals surface area contributed by atoms with Gasteiger partial charge < -0.3 is 9.47 Å². The Hall–Kier alpha value is -2.02. The Balaban J connectivity index is 2.27. The second kappa shape index (κ2) is 7.51. The van der Waals surface area contributed by atoms with Crippen LogP contribution in [-0.2, 0) is 19.1 Å². The topological polar surface area (TPSA) is 52.6 Å². The van der Waals surface area contributed by atoms with Gasteiger partial charge in [-0.15, -0.1) is 0 Å². The summed E-state index contributed by atoms with van der Waals surface area (Å²) in [6.07, 6.45) is -10.9. The van der Waals surface area contributed by atoms with Crippen LogP contribution in [0.3, 0.4) is 0 Å². The van der Waals surface area contributed by atoms with Gasteiger partial charge in [-0.3, -0.25) is 0 Å². The molecule has 14 heteroatoms. The highest BCUT2D eigenvalue weighted by Crippen LogP contribution is 2.72. The zero-order chi connectivity index (χ0) is 25.1. The van der Waals surface area contributed by atoms with Crippen LogP contribution in [0.2, 0.25) is 0 Å². The van der Waals surface area contributed by atoms with E-state index in [4.69, 9.17) is 0 Å². The van der Waals surface area contributed by atoms with Gasteiger partial charge in [0.2, 0.25) is 11.3 Å². The van der Waals surface area contributed by atoms with E-state index in [1.165, 1.54) is 0 Å². The molecule has 32 heavy (non-hydrogen) atoms. The molecule has 184 valence electrons. The van der Waals surface area contributed by atoms with Gasteiger partial charge in [0.15, 0.2) is 6.10 Å². The number of hydrogen-bond acceptors (Lipinski definition) is 4. The van der Waals surface area contributed by atoms with Crippen LogP contribution in [-0.4, -0.2) is 59.2 Å². The summed E-state index contributed by atoms with van der Waals surface area (Å²) in [4.78, 5) is 23.3. The Morgan fingerprint density at radius 2 is 1.50 bits per heavy atom. The highest BCUT2D eigenvalue weighted by Gasteiger charge is 2.99. The van der Waals surface area contributed by atoms with Crippen molar-refractivity contribution in [1.82, 2.24) is 0 Å². The van der Waals surface area contributed by atoms with Crippen molar-refractivity contribution in [2.24, 2.45) is 0 Å². The van der Waals surface area contributed by atoms with Gasteiger partial charge in [-0.2, -0.15) is 35.1 Å². The second-order valence-corrected chi connectivity index (χ2v) is 7.80. The molecular weight excluding hydrogens is 470 g/mol. The maximum atomic E-state index is 14.9. The minimum atomic E-state index is -6.43. The van der Waals surface area contributed by atoms with Crippen molar-refractivity contribution in [2.45, 2.75) is 86.8 Å². The first-order chi connectivity index (χ1) is 14.2. The molecule has 0 radical (unpaired) electrons. The molecule has 2 fully saturated rings. The Kier molecular flexibility index (Phi) is 6.15. The van der Waals surface area contributed by atoms with Gasteiger partial charge >= 0.3 is 35.6 Å². The molecule has 2 aliphatic rings. The van der Waals surface area contributed by atoms with E-state index in [0.29, 0.717) is 0 Å². The molecule has 0 bridgehead atoms. The van der Waals surface area contributed by atoms with Crippen LogP contribution >= 0.6 is 0 Å².